The van der Waals surface area contributed by atoms with Crippen LogP contribution in [0.1, 0.15) is 41.9 Å². The summed E-state index contributed by atoms with van der Waals surface area (Å²) in [7, 11) is 0. The van der Waals surface area contributed by atoms with Crippen LogP contribution in [0.15, 0.2) is 53.3 Å². The number of fused-ring (bicyclic) bond motifs is 1. The van der Waals surface area contributed by atoms with Crippen molar-refractivity contribution in [3.63, 3.8) is 0 Å². The van der Waals surface area contributed by atoms with Crippen LogP contribution in [0, 0.1) is 0 Å². The number of primary amides is 1. The minimum Gasteiger partial charge on any atom is -0.494 e. The van der Waals surface area contributed by atoms with Crippen LogP contribution in [0.25, 0.3) is 10.8 Å². The van der Waals surface area contributed by atoms with Crippen LogP contribution in [0.5, 0.6) is 5.75 Å². The molecular formula is C22H24N4O3. The molecule has 1 fully saturated rings. The van der Waals surface area contributed by atoms with Gasteiger partial charge in [0.2, 0.25) is 0 Å². The molecule has 0 radical (unpaired) electrons. The van der Waals surface area contributed by atoms with Crippen LogP contribution in [0.4, 0.5) is 0 Å². The third kappa shape index (κ3) is 3.73. The zero-order chi connectivity index (χ0) is 20.4. The SMILES string of the molecule is CCOc1ccc(C2CCCN2Cn2nc(C(N)=O)c3ccccc3c2=O)cc1. The molecule has 0 spiro atoms. The molecule has 1 aromatic heterocycles. The van der Waals surface area contributed by atoms with Crippen molar-refractivity contribution in [2.24, 2.45) is 5.73 Å². The number of rotatable bonds is 6. The summed E-state index contributed by atoms with van der Waals surface area (Å²) in [5.74, 6) is 0.207. The largest absolute Gasteiger partial charge is 0.494 e. The fourth-order valence-electron chi connectivity index (χ4n) is 4.01. The molecule has 2 aromatic carbocycles. The van der Waals surface area contributed by atoms with Crippen molar-refractivity contribution in [3.8, 4) is 5.75 Å². The second-order valence-corrected chi connectivity index (χ2v) is 7.18. The number of hydrogen-bond acceptors (Lipinski definition) is 5. The summed E-state index contributed by atoms with van der Waals surface area (Å²) in [6.45, 7) is 3.75. The highest BCUT2D eigenvalue weighted by Crippen LogP contribution is 2.33. The van der Waals surface area contributed by atoms with Gasteiger partial charge < -0.3 is 10.5 Å². The second-order valence-electron chi connectivity index (χ2n) is 7.18. The minimum absolute atomic E-state index is 0.122. The topological polar surface area (TPSA) is 90.4 Å². The van der Waals surface area contributed by atoms with Gasteiger partial charge in [0.25, 0.3) is 11.5 Å². The molecule has 2 N–H and O–H groups in total. The van der Waals surface area contributed by atoms with E-state index in [1.54, 1.807) is 24.3 Å². The molecule has 1 atom stereocenters. The van der Waals surface area contributed by atoms with Crippen molar-refractivity contribution in [2.45, 2.75) is 32.5 Å². The van der Waals surface area contributed by atoms with Crippen molar-refractivity contribution < 1.29 is 9.53 Å². The van der Waals surface area contributed by atoms with Crippen LogP contribution in [-0.4, -0.2) is 33.7 Å². The Morgan fingerprint density at radius 2 is 1.90 bits per heavy atom. The van der Waals surface area contributed by atoms with Gasteiger partial charge in [-0.25, -0.2) is 4.68 Å². The van der Waals surface area contributed by atoms with Crippen molar-refractivity contribution in [2.75, 3.05) is 13.2 Å². The minimum atomic E-state index is -0.639. The van der Waals surface area contributed by atoms with Crippen molar-refractivity contribution in [1.29, 1.82) is 0 Å². The van der Waals surface area contributed by atoms with E-state index in [9.17, 15) is 9.59 Å². The highest BCUT2D eigenvalue weighted by atomic mass is 16.5. The van der Waals surface area contributed by atoms with Gasteiger partial charge in [-0.15, -0.1) is 0 Å². The third-order valence-electron chi connectivity index (χ3n) is 5.36. The van der Waals surface area contributed by atoms with E-state index in [1.807, 2.05) is 19.1 Å². The average molecular weight is 392 g/mol. The number of hydrogen-bond donors (Lipinski definition) is 1. The van der Waals surface area contributed by atoms with E-state index in [2.05, 4.69) is 22.1 Å². The zero-order valence-electron chi connectivity index (χ0n) is 16.4. The molecule has 0 saturated carbocycles. The van der Waals surface area contributed by atoms with Crippen LogP contribution in [0.3, 0.4) is 0 Å². The van der Waals surface area contributed by atoms with Gasteiger partial charge in [-0.1, -0.05) is 30.3 Å². The smallest absolute Gasteiger partial charge is 0.275 e. The molecule has 1 aliphatic rings. The van der Waals surface area contributed by atoms with E-state index >= 15 is 0 Å². The average Bonchev–Trinajstić information content (AvgIpc) is 3.19. The fourth-order valence-corrected chi connectivity index (χ4v) is 4.01. The first-order valence-corrected chi connectivity index (χ1v) is 9.85. The summed E-state index contributed by atoms with van der Waals surface area (Å²) < 4.78 is 6.88. The normalized spacial score (nSPS) is 16.9. The molecule has 7 heteroatoms. The first-order valence-electron chi connectivity index (χ1n) is 9.85. The highest BCUT2D eigenvalue weighted by Gasteiger charge is 2.27. The Hall–Kier alpha value is -3.19. The summed E-state index contributed by atoms with van der Waals surface area (Å²) in [6.07, 6.45) is 2.03. The van der Waals surface area contributed by atoms with Crippen LogP contribution in [-0.2, 0) is 6.67 Å². The maximum Gasteiger partial charge on any atom is 0.275 e. The Morgan fingerprint density at radius 3 is 2.59 bits per heavy atom. The van der Waals surface area contributed by atoms with Gasteiger partial charge in [0.05, 0.1) is 18.7 Å². The molecule has 3 aromatic rings. The number of ether oxygens (including phenoxy) is 1. The van der Waals surface area contributed by atoms with E-state index < -0.39 is 5.91 Å². The molecule has 29 heavy (non-hydrogen) atoms. The molecular weight excluding hydrogens is 368 g/mol. The number of amides is 1. The first-order chi connectivity index (χ1) is 14.1. The van der Waals surface area contributed by atoms with E-state index in [0.717, 1.165) is 25.1 Å². The van der Waals surface area contributed by atoms with Crippen molar-refractivity contribution in [1.82, 2.24) is 14.7 Å². The van der Waals surface area contributed by atoms with Gasteiger partial charge in [-0.2, -0.15) is 5.10 Å². The Kier molecular flexibility index (Phi) is 5.31. The molecule has 1 aliphatic heterocycles. The monoisotopic (exact) mass is 392 g/mol. The Bertz CT molecular complexity index is 1090. The second kappa shape index (κ2) is 8.05. The molecule has 1 saturated heterocycles. The van der Waals surface area contributed by atoms with Gasteiger partial charge in [-0.3, -0.25) is 14.5 Å². The quantitative estimate of drug-likeness (QED) is 0.697. The van der Waals surface area contributed by atoms with E-state index in [0.29, 0.717) is 24.0 Å². The summed E-state index contributed by atoms with van der Waals surface area (Å²) >= 11 is 0. The van der Waals surface area contributed by atoms with E-state index in [4.69, 9.17) is 10.5 Å². The number of aromatic nitrogens is 2. The predicted octanol–water partition coefficient (Wildman–Crippen LogP) is 2.69. The number of nitrogens with zero attached hydrogens (tertiary/aromatic N) is 3. The number of benzene rings is 2. The van der Waals surface area contributed by atoms with E-state index in [1.165, 1.54) is 10.2 Å². The van der Waals surface area contributed by atoms with Crippen LogP contribution in [0.2, 0.25) is 0 Å². The standard InChI is InChI=1S/C22H24N4O3/c1-2-29-16-11-9-15(10-12-16)19-8-5-13-25(19)14-26-22(28)18-7-4-3-6-17(18)20(24-26)21(23)27/h3-4,6-7,9-12,19H,2,5,8,13-14H2,1H3,(H2,23,27). The Balaban J connectivity index is 1.66. The summed E-state index contributed by atoms with van der Waals surface area (Å²) in [4.78, 5) is 27.1. The van der Waals surface area contributed by atoms with Crippen LogP contribution >= 0.6 is 0 Å². The maximum absolute atomic E-state index is 13.0. The summed E-state index contributed by atoms with van der Waals surface area (Å²) in [5.41, 5.74) is 6.60. The lowest BCUT2D eigenvalue weighted by Gasteiger charge is -2.25. The third-order valence-corrected chi connectivity index (χ3v) is 5.36. The molecule has 0 bridgehead atoms. The van der Waals surface area contributed by atoms with Gasteiger partial charge in [0.1, 0.15) is 5.75 Å². The van der Waals surface area contributed by atoms with Gasteiger partial charge in [0.15, 0.2) is 5.69 Å². The number of carbonyl (C=O) groups is 1. The van der Waals surface area contributed by atoms with Gasteiger partial charge in [0, 0.05) is 18.0 Å². The van der Waals surface area contributed by atoms with Crippen LogP contribution < -0.4 is 16.0 Å². The van der Waals surface area contributed by atoms with Crippen molar-refractivity contribution in [3.05, 3.63) is 70.1 Å². The molecule has 4 rings (SSSR count). The lowest BCUT2D eigenvalue weighted by Crippen LogP contribution is -2.35. The lowest BCUT2D eigenvalue weighted by molar-refractivity contribution is 0.0992. The number of carbonyl (C=O) groups excluding carboxylic acids is 1. The predicted molar refractivity (Wildman–Crippen MR) is 111 cm³/mol. The summed E-state index contributed by atoms with van der Waals surface area (Å²) in [6, 6.07) is 15.2. The zero-order valence-corrected chi connectivity index (χ0v) is 16.4. The van der Waals surface area contributed by atoms with Gasteiger partial charge in [-0.05, 0) is 43.5 Å². The Morgan fingerprint density at radius 1 is 1.17 bits per heavy atom. The molecule has 1 amide bonds. The Labute approximate surface area is 168 Å². The molecule has 0 aliphatic carbocycles. The maximum atomic E-state index is 13.0. The molecule has 150 valence electrons. The first kappa shape index (κ1) is 19.1. The highest BCUT2D eigenvalue weighted by molar-refractivity contribution is 6.03. The van der Waals surface area contributed by atoms with Crippen molar-refractivity contribution >= 4 is 16.7 Å². The molecule has 1 unspecified atom stereocenters. The lowest BCUT2D eigenvalue weighted by atomic mass is 10.0. The molecule has 2 heterocycles. The van der Waals surface area contributed by atoms with Gasteiger partial charge >= 0.3 is 0 Å². The fraction of sp³-hybridized carbons (Fsp3) is 0.318. The van der Waals surface area contributed by atoms with E-state index in [-0.39, 0.29) is 17.3 Å². The molecule has 7 nitrogen and oxygen atoms in total. The number of likely N-dealkylation sites (tertiary alicyclic amines) is 1. The number of nitrogens with two attached hydrogens (primary N) is 1. The summed E-state index contributed by atoms with van der Waals surface area (Å²) in [5, 5.41) is 5.24.